The van der Waals surface area contributed by atoms with Gasteiger partial charge in [0.1, 0.15) is 5.69 Å². The van der Waals surface area contributed by atoms with Crippen molar-refractivity contribution in [2.24, 2.45) is 0 Å². The highest BCUT2D eigenvalue weighted by atomic mass is 32.1. The molecule has 2 N–H and O–H groups in total. The minimum Gasteiger partial charge on any atom is -0.375 e. The van der Waals surface area contributed by atoms with Gasteiger partial charge in [0.05, 0.1) is 0 Å². The van der Waals surface area contributed by atoms with Crippen molar-refractivity contribution < 1.29 is 4.79 Å². The molecule has 1 fully saturated rings. The molecule has 1 aliphatic rings. The van der Waals surface area contributed by atoms with E-state index < -0.39 is 0 Å². The van der Waals surface area contributed by atoms with E-state index in [1.165, 1.54) is 11.3 Å². The van der Waals surface area contributed by atoms with Crippen LogP contribution in [0.25, 0.3) is 0 Å². The summed E-state index contributed by atoms with van der Waals surface area (Å²) in [6.45, 7) is 4.62. The topological polar surface area (TPSA) is 62.5 Å². The second-order valence-electron chi connectivity index (χ2n) is 4.36. The summed E-state index contributed by atoms with van der Waals surface area (Å²) in [4.78, 5) is 20.4. The highest BCUT2D eigenvalue weighted by Gasteiger charge is 2.27. The van der Waals surface area contributed by atoms with Gasteiger partial charge in [0, 0.05) is 31.1 Å². The average molecular weight is 254 g/mol. The fourth-order valence-electron chi connectivity index (χ4n) is 2.12. The van der Waals surface area contributed by atoms with Crippen LogP contribution in [0.2, 0.25) is 0 Å². The van der Waals surface area contributed by atoms with Crippen LogP contribution in [0.3, 0.4) is 0 Å². The lowest BCUT2D eigenvalue weighted by Gasteiger charge is -2.38. The average Bonchev–Trinajstić information content (AvgIpc) is 2.75. The van der Waals surface area contributed by atoms with Crippen LogP contribution >= 0.6 is 11.3 Å². The maximum Gasteiger partial charge on any atom is 0.273 e. The summed E-state index contributed by atoms with van der Waals surface area (Å²) in [5.74, 6) is 0.00417. The molecule has 1 amide bonds. The Morgan fingerprint density at radius 2 is 2.41 bits per heavy atom. The zero-order valence-corrected chi connectivity index (χ0v) is 11.0. The van der Waals surface area contributed by atoms with Crippen LogP contribution in [-0.2, 0) is 0 Å². The number of nitrogens with two attached hydrogens (primary N) is 1. The molecule has 2 heterocycles. The molecule has 1 aliphatic heterocycles. The summed E-state index contributed by atoms with van der Waals surface area (Å²) in [6, 6.07) is 0.448. The van der Waals surface area contributed by atoms with Crippen LogP contribution in [0.5, 0.6) is 0 Å². The maximum absolute atomic E-state index is 12.2. The molecule has 6 heteroatoms. The quantitative estimate of drug-likeness (QED) is 0.851. The number of thiazole rings is 1. The van der Waals surface area contributed by atoms with Crippen LogP contribution in [0, 0.1) is 0 Å². The van der Waals surface area contributed by atoms with Crippen LogP contribution in [0.15, 0.2) is 5.38 Å². The van der Waals surface area contributed by atoms with E-state index in [1.807, 2.05) is 4.90 Å². The SMILES string of the molecule is CCC1CN(C(=O)c2csc(N)n2)CCN1C. The Labute approximate surface area is 105 Å². The van der Waals surface area contributed by atoms with E-state index in [0.29, 0.717) is 16.9 Å². The maximum atomic E-state index is 12.2. The van der Waals surface area contributed by atoms with E-state index in [4.69, 9.17) is 5.73 Å². The Morgan fingerprint density at radius 3 is 3.00 bits per heavy atom. The van der Waals surface area contributed by atoms with Gasteiger partial charge in [0.15, 0.2) is 5.13 Å². The first-order valence-electron chi connectivity index (χ1n) is 5.82. The summed E-state index contributed by atoms with van der Waals surface area (Å²) < 4.78 is 0. The lowest BCUT2D eigenvalue weighted by atomic mass is 10.1. The molecule has 1 aromatic rings. The van der Waals surface area contributed by atoms with Crippen LogP contribution in [0.1, 0.15) is 23.8 Å². The molecule has 17 heavy (non-hydrogen) atoms. The number of piperazine rings is 1. The number of carbonyl (C=O) groups excluding carboxylic acids is 1. The van der Waals surface area contributed by atoms with E-state index in [2.05, 4.69) is 23.9 Å². The van der Waals surface area contributed by atoms with Crippen LogP contribution in [0.4, 0.5) is 5.13 Å². The van der Waals surface area contributed by atoms with Gasteiger partial charge in [0.25, 0.3) is 5.91 Å². The smallest absolute Gasteiger partial charge is 0.273 e. The number of hydrogen-bond acceptors (Lipinski definition) is 5. The molecule has 0 bridgehead atoms. The predicted molar refractivity (Wildman–Crippen MR) is 69.1 cm³/mol. The molecule has 1 atom stereocenters. The molecule has 1 aromatic heterocycles. The van der Waals surface area contributed by atoms with E-state index in [9.17, 15) is 4.79 Å². The van der Waals surface area contributed by atoms with Gasteiger partial charge in [0.2, 0.25) is 0 Å². The largest absolute Gasteiger partial charge is 0.375 e. The minimum absolute atomic E-state index is 0.00417. The second kappa shape index (κ2) is 5.01. The van der Waals surface area contributed by atoms with Crippen molar-refractivity contribution in [3.05, 3.63) is 11.1 Å². The van der Waals surface area contributed by atoms with Crippen LogP contribution in [-0.4, -0.2) is 53.4 Å². The third-order valence-electron chi connectivity index (χ3n) is 3.28. The number of nitrogens with zero attached hydrogens (tertiary/aromatic N) is 3. The van der Waals surface area contributed by atoms with Crippen molar-refractivity contribution >= 4 is 22.4 Å². The first-order valence-corrected chi connectivity index (χ1v) is 6.70. The third-order valence-corrected chi connectivity index (χ3v) is 3.95. The normalized spacial score (nSPS) is 21.8. The highest BCUT2D eigenvalue weighted by molar-refractivity contribution is 7.13. The first kappa shape index (κ1) is 12.3. The minimum atomic E-state index is 0.00417. The zero-order valence-electron chi connectivity index (χ0n) is 10.2. The standard InChI is InChI=1S/C11H18N4OS/c1-3-8-6-15(5-4-14(8)2)10(16)9-7-17-11(12)13-9/h7-8H,3-6H2,1-2H3,(H2,12,13). The van der Waals surface area contributed by atoms with Crippen molar-refractivity contribution in [3.63, 3.8) is 0 Å². The van der Waals surface area contributed by atoms with Gasteiger partial charge in [-0.1, -0.05) is 6.92 Å². The number of nitrogen functional groups attached to an aromatic ring is 1. The molecule has 0 aliphatic carbocycles. The molecule has 0 spiro atoms. The number of amides is 1. The van der Waals surface area contributed by atoms with Gasteiger partial charge in [-0.05, 0) is 13.5 Å². The van der Waals surface area contributed by atoms with Crippen molar-refractivity contribution in [3.8, 4) is 0 Å². The summed E-state index contributed by atoms with van der Waals surface area (Å²) in [5.41, 5.74) is 6.03. The van der Waals surface area contributed by atoms with Crippen molar-refractivity contribution in [2.75, 3.05) is 32.4 Å². The number of likely N-dealkylation sites (N-methyl/N-ethyl adjacent to an activating group) is 1. The van der Waals surface area contributed by atoms with Gasteiger partial charge in [-0.2, -0.15) is 0 Å². The lowest BCUT2D eigenvalue weighted by molar-refractivity contribution is 0.0537. The summed E-state index contributed by atoms with van der Waals surface area (Å²) in [6.07, 6.45) is 1.06. The van der Waals surface area contributed by atoms with Crippen molar-refractivity contribution in [2.45, 2.75) is 19.4 Å². The fraction of sp³-hybridized carbons (Fsp3) is 0.636. The Balaban J connectivity index is 2.05. The van der Waals surface area contributed by atoms with Gasteiger partial charge in [-0.3, -0.25) is 9.69 Å². The molecule has 0 saturated carbocycles. The summed E-state index contributed by atoms with van der Waals surface area (Å²) >= 11 is 1.31. The first-order chi connectivity index (χ1) is 8.11. The Bertz CT molecular complexity index is 406. The Morgan fingerprint density at radius 1 is 1.65 bits per heavy atom. The van der Waals surface area contributed by atoms with Crippen molar-refractivity contribution in [1.82, 2.24) is 14.8 Å². The van der Waals surface area contributed by atoms with Gasteiger partial charge in [-0.15, -0.1) is 11.3 Å². The second-order valence-corrected chi connectivity index (χ2v) is 5.25. The van der Waals surface area contributed by atoms with Gasteiger partial charge in [-0.25, -0.2) is 4.98 Å². The molecule has 94 valence electrons. The number of aromatic nitrogens is 1. The third kappa shape index (κ3) is 2.58. The molecular formula is C11H18N4OS. The van der Waals surface area contributed by atoms with E-state index in [0.717, 1.165) is 26.1 Å². The molecule has 0 aromatic carbocycles. The van der Waals surface area contributed by atoms with E-state index >= 15 is 0 Å². The molecule has 5 nitrogen and oxygen atoms in total. The molecule has 2 rings (SSSR count). The molecule has 1 saturated heterocycles. The zero-order chi connectivity index (χ0) is 12.4. The number of anilines is 1. The van der Waals surface area contributed by atoms with Crippen LogP contribution < -0.4 is 5.73 Å². The fourth-order valence-corrected chi connectivity index (χ4v) is 2.66. The highest BCUT2D eigenvalue weighted by Crippen LogP contribution is 2.16. The van der Waals surface area contributed by atoms with Gasteiger partial charge >= 0.3 is 0 Å². The van der Waals surface area contributed by atoms with Gasteiger partial charge < -0.3 is 10.6 Å². The van der Waals surface area contributed by atoms with Crippen molar-refractivity contribution in [1.29, 1.82) is 0 Å². The predicted octanol–water partition coefficient (Wildman–Crippen LogP) is 0.892. The molecular weight excluding hydrogens is 236 g/mol. The van der Waals surface area contributed by atoms with E-state index in [-0.39, 0.29) is 5.91 Å². The van der Waals surface area contributed by atoms with E-state index in [1.54, 1.807) is 5.38 Å². The summed E-state index contributed by atoms with van der Waals surface area (Å²) in [7, 11) is 2.11. The number of rotatable bonds is 2. The monoisotopic (exact) mass is 254 g/mol. The summed E-state index contributed by atoms with van der Waals surface area (Å²) in [5, 5.41) is 2.19. The molecule has 1 unspecified atom stereocenters. The Kier molecular flexibility index (Phi) is 3.63. The Hall–Kier alpha value is -1.14. The number of hydrogen-bond donors (Lipinski definition) is 1. The lowest BCUT2D eigenvalue weighted by Crippen LogP contribution is -2.53. The molecule has 0 radical (unpaired) electrons. The number of carbonyl (C=O) groups is 1.